The first kappa shape index (κ1) is 11.7. The molecule has 1 nitrogen and oxygen atoms in total. The summed E-state index contributed by atoms with van der Waals surface area (Å²) in [6.07, 6.45) is 2.09. The maximum absolute atomic E-state index is 4.47. The number of benzene rings is 1. The standard InChI is InChI=1S/C13H15NS2/c1-9(2)13-12(14-8-16-13)10-4-6-11(15-3)7-5-10/h4-9H,1-3H3. The molecule has 0 amide bonds. The zero-order valence-corrected chi connectivity index (χ0v) is 11.4. The fourth-order valence-corrected chi connectivity index (χ4v) is 2.86. The van der Waals surface area contributed by atoms with Crippen LogP contribution < -0.4 is 0 Å². The molecule has 0 saturated heterocycles. The van der Waals surface area contributed by atoms with Gasteiger partial charge in [-0.05, 0) is 24.3 Å². The third-order valence-electron chi connectivity index (χ3n) is 2.48. The van der Waals surface area contributed by atoms with Crippen LogP contribution in [0.1, 0.15) is 24.6 Å². The molecule has 0 bridgehead atoms. The number of hydrogen-bond donors (Lipinski definition) is 0. The minimum atomic E-state index is 0.544. The Balaban J connectivity index is 2.38. The predicted octanol–water partition coefficient (Wildman–Crippen LogP) is 4.66. The lowest BCUT2D eigenvalue weighted by Crippen LogP contribution is -1.87. The first-order valence-corrected chi connectivity index (χ1v) is 7.40. The van der Waals surface area contributed by atoms with Crippen LogP contribution in [0.2, 0.25) is 0 Å². The summed E-state index contributed by atoms with van der Waals surface area (Å²) in [5.74, 6) is 0.544. The quantitative estimate of drug-likeness (QED) is 0.734. The average Bonchev–Trinajstić information content (AvgIpc) is 2.78. The molecule has 0 unspecified atom stereocenters. The molecule has 1 aromatic carbocycles. The fraction of sp³-hybridized carbons (Fsp3) is 0.308. The summed E-state index contributed by atoms with van der Waals surface area (Å²) < 4.78 is 0. The van der Waals surface area contributed by atoms with Crippen molar-refractivity contribution in [2.24, 2.45) is 0 Å². The largest absolute Gasteiger partial charge is 0.244 e. The molecule has 0 spiro atoms. The van der Waals surface area contributed by atoms with Gasteiger partial charge in [0.2, 0.25) is 0 Å². The first-order valence-electron chi connectivity index (χ1n) is 5.30. The molecular formula is C13H15NS2. The van der Waals surface area contributed by atoms with Gasteiger partial charge in [0.1, 0.15) is 0 Å². The predicted molar refractivity (Wildman–Crippen MR) is 73.4 cm³/mol. The summed E-state index contributed by atoms with van der Waals surface area (Å²) in [6.45, 7) is 4.43. The van der Waals surface area contributed by atoms with Crippen LogP contribution in [-0.4, -0.2) is 11.2 Å². The van der Waals surface area contributed by atoms with Crippen LogP contribution in [0.25, 0.3) is 11.3 Å². The molecule has 1 aromatic heterocycles. The van der Waals surface area contributed by atoms with Crippen LogP contribution >= 0.6 is 23.1 Å². The molecule has 0 aliphatic rings. The first-order chi connectivity index (χ1) is 7.72. The molecule has 0 atom stereocenters. The van der Waals surface area contributed by atoms with E-state index in [1.165, 1.54) is 15.3 Å². The Bertz CT molecular complexity index is 457. The van der Waals surface area contributed by atoms with E-state index in [1.807, 2.05) is 5.51 Å². The van der Waals surface area contributed by atoms with E-state index in [2.05, 4.69) is 49.4 Å². The van der Waals surface area contributed by atoms with Gasteiger partial charge in [-0.15, -0.1) is 23.1 Å². The molecule has 3 heteroatoms. The Morgan fingerprint density at radius 2 is 1.88 bits per heavy atom. The van der Waals surface area contributed by atoms with E-state index in [9.17, 15) is 0 Å². The zero-order chi connectivity index (χ0) is 11.5. The zero-order valence-electron chi connectivity index (χ0n) is 9.73. The van der Waals surface area contributed by atoms with Gasteiger partial charge in [-0.3, -0.25) is 0 Å². The van der Waals surface area contributed by atoms with Crippen molar-refractivity contribution in [3.63, 3.8) is 0 Å². The normalized spacial score (nSPS) is 11.0. The van der Waals surface area contributed by atoms with Crippen molar-refractivity contribution in [1.82, 2.24) is 4.98 Å². The van der Waals surface area contributed by atoms with Gasteiger partial charge in [0.25, 0.3) is 0 Å². The van der Waals surface area contributed by atoms with Crippen LogP contribution in [0.15, 0.2) is 34.7 Å². The third-order valence-corrected chi connectivity index (χ3v) is 4.36. The second-order valence-electron chi connectivity index (χ2n) is 3.95. The van der Waals surface area contributed by atoms with E-state index >= 15 is 0 Å². The summed E-state index contributed by atoms with van der Waals surface area (Å²) in [7, 11) is 0. The summed E-state index contributed by atoms with van der Waals surface area (Å²) in [5, 5.41) is 0. The fourth-order valence-electron chi connectivity index (χ4n) is 1.63. The Kier molecular flexibility index (Phi) is 3.66. The van der Waals surface area contributed by atoms with Gasteiger partial charge in [0.15, 0.2) is 0 Å². The van der Waals surface area contributed by atoms with E-state index in [0.717, 1.165) is 5.69 Å². The van der Waals surface area contributed by atoms with Crippen molar-refractivity contribution in [2.75, 3.05) is 6.26 Å². The molecule has 1 heterocycles. The molecule has 2 aromatic rings. The van der Waals surface area contributed by atoms with Crippen LogP contribution in [0.5, 0.6) is 0 Å². The van der Waals surface area contributed by atoms with Crippen LogP contribution in [0.4, 0.5) is 0 Å². The Labute approximate surface area is 105 Å². The van der Waals surface area contributed by atoms with E-state index in [0.29, 0.717) is 5.92 Å². The summed E-state index contributed by atoms with van der Waals surface area (Å²) in [5.41, 5.74) is 4.31. The highest BCUT2D eigenvalue weighted by Gasteiger charge is 2.11. The monoisotopic (exact) mass is 249 g/mol. The van der Waals surface area contributed by atoms with Crippen LogP contribution in [0, 0.1) is 0 Å². The molecular weight excluding hydrogens is 234 g/mol. The van der Waals surface area contributed by atoms with E-state index in [1.54, 1.807) is 23.1 Å². The molecule has 2 rings (SSSR count). The maximum atomic E-state index is 4.47. The van der Waals surface area contributed by atoms with Crippen molar-refractivity contribution in [2.45, 2.75) is 24.7 Å². The Morgan fingerprint density at radius 3 is 2.44 bits per heavy atom. The van der Waals surface area contributed by atoms with Crippen molar-refractivity contribution >= 4 is 23.1 Å². The van der Waals surface area contributed by atoms with Gasteiger partial charge in [-0.2, -0.15) is 0 Å². The second kappa shape index (κ2) is 5.02. The third kappa shape index (κ3) is 2.30. The lowest BCUT2D eigenvalue weighted by molar-refractivity contribution is 0.888. The molecule has 0 N–H and O–H groups in total. The summed E-state index contributed by atoms with van der Waals surface area (Å²) in [4.78, 5) is 7.14. The molecule has 0 fully saturated rings. The summed E-state index contributed by atoms with van der Waals surface area (Å²) in [6, 6.07) is 8.63. The number of thioether (sulfide) groups is 1. The van der Waals surface area contributed by atoms with Gasteiger partial charge < -0.3 is 0 Å². The van der Waals surface area contributed by atoms with Gasteiger partial charge in [-0.25, -0.2) is 4.98 Å². The van der Waals surface area contributed by atoms with E-state index in [-0.39, 0.29) is 0 Å². The molecule has 84 valence electrons. The highest BCUT2D eigenvalue weighted by molar-refractivity contribution is 7.98. The Morgan fingerprint density at radius 1 is 1.19 bits per heavy atom. The lowest BCUT2D eigenvalue weighted by Gasteiger charge is -2.06. The van der Waals surface area contributed by atoms with Crippen LogP contribution in [-0.2, 0) is 0 Å². The molecule has 0 radical (unpaired) electrons. The molecule has 0 saturated carbocycles. The molecule has 0 aliphatic heterocycles. The minimum absolute atomic E-state index is 0.544. The molecule has 16 heavy (non-hydrogen) atoms. The smallest absolute Gasteiger partial charge is 0.0845 e. The SMILES string of the molecule is CSc1ccc(-c2ncsc2C(C)C)cc1. The number of rotatable bonds is 3. The van der Waals surface area contributed by atoms with E-state index in [4.69, 9.17) is 0 Å². The van der Waals surface area contributed by atoms with E-state index < -0.39 is 0 Å². The number of aromatic nitrogens is 1. The summed E-state index contributed by atoms with van der Waals surface area (Å²) >= 11 is 3.51. The van der Waals surface area contributed by atoms with Crippen molar-refractivity contribution < 1.29 is 0 Å². The van der Waals surface area contributed by atoms with Crippen molar-refractivity contribution in [3.05, 3.63) is 34.7 Å². The second-order valence-corrected chi connectivity index (χ2v) is 5.71. The van der Waals surface area contributed by atoms with Gasteiger partial charge in [0.05, 0.1) is 11.2 Å². The highest BCUT2D eigenvalue weighted by atomic mass is 32.2. The Hall–Kier alpha value is -0.800. The van der Waals surface area contributed by atoms with Gasteiger partial charge >= 0.3 is 0 Å². The van der Waals surface area contributed by atoms with Gasteiger partial charge in [0, 0.05) is 15.3 Å². The van der Waals surface area contributed by atoms with Gasteiger partial charge in [-0.1, -0.05) is 26.0 Å². The van der Waals surface area contributed by atoms with Crippen LogP contribution in [0.3, 0.4) is 0 Å². The number of hydrogen-bond acceptors (Lipinski definition) is 3. The number of thiazole rings is 1. The topological polar surface area (TPSA) is 12.9 Å². The minimum Gasteiger partial charge on any atom is -0.244 e. The number of nitrogens with zero attached hydrogens (tertiary/aromatic N) is 1. The molecule has 0 aliphatic carbocycles. The maximum Gasteiger partial charge on any atom is 0.0845 e. The van der Waals surface area contributed by atoms with Crippen molar-refractivity contribution in [1.29, 1.82) is 0 Å². The lowest BCUT2D eigenvalue weighted by atomic mass is 10.1. The highest BCUT2D eigenvalue weighted by Crippen LogP contribution is 2.32. The van der Waals surface area contributed by atoms with Crippen molar-refractivity contribution in [3.8, 4) is 11.3 Å². The average molecular weight is 249 g/mol.